The second-order valence-electron chi connectivity index (χ2n) is 5.65. The number of hydrogen-bond donors (Lipinski definition) is 0. The minimum absolute atomic E-state index is 0.259. The lowest BCUT2D eigenvalue weighted by atomic mass is 10.0. The average Bonchev–Trinajstić information content (AvgIpc) is 2.75. The van der Waals surface area contributed by atoms with E-state index < -0.39 is 12.0 Å². The van der Waals surface area contributed by atoms with Gasteiger partial charge in [0.25, 0.3) is 5.91 Å². The fraction of sp³-hybridized carbons (Fsp3) is 0.353. The van der Waals surface area contributed by atoms with Crippen molar-refractivity contribution in [2.75, 3.05) is 0 Å². The van der Waals surface area contributed by atoms with E-state index >= 15 is 0 Å². The predicted molar refractivity (Wildman–Crippen MR) is 94.5 cm³/mol. The molecule has 1 heterocycles. The molecular formula is C17H18NO3S2-. The summed E-state index contributed by atoms with van der Waals surface area (Å²) in [4.78, 5) is 25.5. The van der Waals surface area contributed by atoms with Gasteiger partial charge in [-0.25, -0.2) is 0 Å². The van der Waals surface area contributed by atoms with Gasteiger partial charge in [0, 0.05) is 0 Å². The first-order valence-corrected chi connectivity index (χ1v) is 8.64. The van der Waals surface area contributed by atoms with Crippen LogP contribution in [0.4, 0.5) is 0 Å². The smallest absolute Gasteiger partial charge is 0.266 e. The highest BCUT2D eigenvalue weighted by Crippen LogP contribution is 2.35. The molecule has 1 aromatic rings. The van der Waals surface area contributed by atoms with Crippen LogP contribution in [0.15, 0.2) is 29.2 Å². The van der Waals surface area contributed by atoms with Crippen LogP contribution in [-0.4, -0.2) is 27.1 Å². The maximum absolute atomic E-state index is 12.6. The number of aliphatic carboxylic acids is 1. The van der Waals surface area contributed by atoms with Gasteiger partial charge in [0.1, 0.15) is 4.32 Å². The maximum Gasteiger partial charge on any atom is 0.266 e. The third kappa shape index (κ3) is 3.82. The molecule has 0 bridgehead atoms. The van der Waals surface area contributed by atoms with E-state index in [-0.39, 0.29) is 16.1 Å². The van der Waals surface area contributed by atoms with E-state index in [4.69, 9.17) is 12.2 Å². The Morgan fingerprint density at radius 2 is 1.96 bits per heavy atom. The monoisotopic (exact) mass is 348 g/mol. The summed E-state index contributed by atoms with van der Waals surface area (Å²) in [6.07, 6.45) is 2.69. The zero-order valence-corrected chi connectivity index (χ0v) is 14.9. The second kappa shape index (κ2) is 7.27. The minimum atomic E-state index is -1.29. The molecule has 1 amide bonds. The van der Waals surface area contributed by atoms with Crippen molar-refractivity contribution in [1.82, 2.24) is 4.90 Å². The van der Waals surface area contributed by atoms with Gasteiger partial charge in [-0.3, -0.25) is 9.69 Å². The lowest BCUT2D eigenvalue weighted by molar-refractivity contribution is -0.311. The molecule has 0 aromatic heterocycles. The zero-order valence-electron chi connectivity index (χ0n) is 13.2. The first kappa shape index (κ1) is 17.7. The number of carbonyl (C=O) groups excluding carboxylic acids is 2. The number of nitrogens with zero attached hydrogens (tertiary/aromatic N) is 1. The molecule has 2 rings (SSSR count). The summed E-state index contributed by atoms with van der Waals surface area (Å²) < 4.78 is 0.259. The largest absolute Gasteiger partial charge is 0.548 e. The van der Waals surface area contributed by atoms with Crippen molar-refractivity contribution >= 4 is 46.3 Å². The molecular weight excluding hydrogens is 330 g/mol. The third-order valence-corrected chi connectivity index (χ3v) is 4.99. The van der Waals surface area contributed by atoms with Crippen molar-refractivity contribution in [1.29, 1.82) is 0 Å². The van der Waals surface area contributed by atoms with E-state index in [9.17, 15) is 14.7 Å². The number of carboxylic acids is 1. The SMILES string of the molecule is CCc1ccc(/C=C2\SC(=S)N([C@@H](C(=O)[O-])C(C)C)C2=O)cc1. The molecule has 0 N–H and O–H groups in total. The lowest BCUT2D eigenvalue weighted by Crippen LogP contribution is -2.52. The van der Waals surface area contributed by atoms with Crippen molar-refractivity contribution in [3.05, 3.63) is 40.3 Å². The number of thioether (sulfide) groups is 1. The number of carbonyl (C=O) groups is 2. The Kier molecular flexibility index (Phi) is 5.59. The van der Waals surface area contributed by atoms with Crippen molar-refractivity contribution in [2.24, 2.45) is 5.92 Å². The Morgan fingerprint density at radius 3 is 2.43 bits per heavy atom. The molecule has 1 aliphatic rings. The molecule has 6 heteroatoms. The van der Waals surface area contributed by atoms with Crippen LogP contribution in [0.3, 0.4) is 0 Å². The number of hydrogen-bond acceptors (Lipinski definition) is 5. The van der Waals surface area contributed by atoms with Crippen LogP contribution in [0.2, 0.25) is 0 Å². The molecule has 0 saturated carbocycles. The summed E-state index contributed by atoms with van der Waals surface area (Å²) in [5.74, 6) is -1.95. The Bertz CT molecular complexity index is 665. The van der Waals surface area contributed by atoms with Gasteiger partial charge in [-0.15, -0.1) is 0 Å². The molecule has 1 aliphatic heterocycles. The van der Waals surface area contributed by atoms with Crippen LogP contribution < -0.4 is 5.11 Å². The topological polar surface area (TPSA) is 60.4 Å². The van der Waals surface area contributed by atoms with E-state index in [1.54, 1.807) is 19.9 Å². The van der Waals surface area contributed by atoms with Crippen LogP contribution >= 0.6 is 24.0 Å². The maximum atomic E-state index is 12.6. The highest BCUT2D eigenvalue weighted by molar-refractivity contribution is 8.26. The van der Waals surface area contributed by atoms with Crippen molar-refractivity contribution < 1.29 is 14.7 Å². The number of benzene rings is 1. The van der Waals surface area contributed by atoms with Crippen molar-refractivity contribution in [3.63, 3.8) is 0 Å². The molecule has 23 heavy (non-hydrogen) atoms. The summed E-state index contributed by atoms with van der Waals surface area (Å²) in [7, 11) is 0. The van der Waals surface area contributed by atoms with Crippen LogP contribution in [-0.2, 0) is 16.0 Å². The van der Waals surface area contributed by atoms with Crippen LogP contribution in [0.5, 0.6) is 0 Å². The Hall–Kier alpha value is -1.66. The number of carboxylic acid groups (broad SMARTS) is 1. The first-order valence-electron chi connectivity index (χ1n) is 7.42. The third-order valence-electron chi connectivity index (χ3n) is 3.66. The quantitative estimate of drug-likeness (QED) is 0.603. The molecule has 122 valence electrons. The molecule has 1 atom stereocenters. The van der Waals surface area contributed by atoms with Gasteiger partial charge in [-0.2, -0.15) is 0 Å². The molecule has 0 aliphatic carbocycles. The van der Waals surface area contributed by atoms with Crippen LogP contribution in [0, 0.1) is 5.92 Å². The Labute approximate surface area is 145 Å². The van der Waals surface area contributed by atoms with Crippen molar-refractivity contribution in [3.8, 4) is 0 Å². The average molecular weight is 348 g/mol. The lowest BCUT2D eigenvalue weighted by Gasteiger charge is -2.30. The standard InChI is InChI=1S/C17H19NO3S2/c1-4-11-5-7-12(8-6-11)9-13-15(19)18(17(22)23-13)14(10(2)3)16(20)21/h5-10,14H,4H2,1-3H3,(H,20,21)/p-1/b13-9-/t14-/m1/s1. The molecule has 4 nitrogen and oxygen atoms in total. The van der Waals surface area contributed by atoms with E-state index in [0.29, 0.717) is 4.91 Å². The van der Waals surface area contributed by atoms with Gasteiger partial charge in [0.15, 0.2) is 0 Å². The molecule has 1 saturated heterocycles. The number of rotatable bonds is 5. The van der Waals surface area contributed by atoms with Gasteiger partial charge in [-0.05, 0) is 29.5 Å². The fourth-order valence-electron chi connectivity index (χ4n) is 2.40. The van der Waals surface area contributed by atoms with Gasteiger partial charge in [-0.1, -0.05) is 69.0 Å². The fourth-order valence-corrected chi connectivity index (χ4v) is 3.73. The molecule has 0 spiro atoms. The van der Waals surface area contributed by atoms with Gasteiger partial charge in [0.2, 0.25) is 0 Å². The summed E-state index contributed by atoms with van der Waals surface area (Å²) in [6, 6.07) is 6.83. The Morgan fingerprint density at radius 1 is 1.35 bits per heavy atom. The van der Waals surface area contributed by atoms with Crippen molar-refractivity contribution in [2.45, 2.75) is 33.2 Å². The highest BCUT2D eigenvalue weighted by Gasteiger charge is 2.38. The number of aryl methyl sites for hydroxylation is 1. The normalized spacial score (nSPS) is 18.1. The van der Waals surface area contributed by atoms with Gasteiger partial charge < -0.3 is 9.90 Å². The molecule has 1 aromatic carbocycles. The minimum Gasteiger partial charge on any atom is -0.548 e. The Balaban J connectivity index is 2.29. The van der Waals surface area contributed by atoms with Gasteiger partial charge >= 0.3 is 0 Å². The van der Waals surface area contributed by atoms with Crippen LogP contribution in [0.1, 0.15) is 31.9 Å². The number of thiocarbonyl (C=S) groups is 1. The van der Waals surface area contributed by atoms with E-state index in [2.05, 4.69) is 6.92 Å². The van der Waals surface area contributed by atoms with E-state index in [0.717, 1.165) is 28.6 Å². The molecule has 0 unspecified atom stereocenters. The molecule has 1 fully saturated rings. The summed E-state index contributed by atoms with van der Waals surface area (Å²) >= 11 is 6.33. The first-order chi connectivity index (χ1) is 10.8. The van der Waals surface area contributed by atoms with Gasteiger partial charge in [0.05, 0.1) is 16.9 Å². The molecule has 0 radical (unpaired) electrons. The summed E-state index contributed by atoms with van der Waals surface area (Å²) in [6.45, 7) is 5.53. The van der Waals surface area contributed by atoms with E-state index in [1.165, 1.54) is 5.56 Å². The summed E-state index contributed by atoms with van der Waals surface area (Å²) in [5, 5.41) is 11.4. The second-order valence-corrected chi connectivity index (χ2v) is 7.33. The zero-order chi connectivity index (χ0) is 17.1. The predicted octanol–water partition coefficient (Wildman–Crippen LogP) is 2.22. The summed E-state index contributed by atoms with van der Waals surface area (Å²) in [5.41, 5.74) is 2.10. The highest BCUT2D eigenvalue weighted by atomic mass is 32.2. The van der Waals surface area contributed by atoms with Crippen LogP contribution in [0.25, 0.3) is 6.08 Å². The number of amides is 1. The van der Waals surface area contributed by atoms with E-state index in [1.807, 2.05) is 24.3 Å².